The average Bonchev–Trinajstić information content (AvgIpc) is 2.35. The van der Waals surface area contributed by atoms with Crippen LogP contribution in [0.5, 0.6) is 5.75 Å². The molecule has 0 atom stereocenters. The molecule has 0 spiro atoms. The first-order valence-electron chi connectivity index (χ1n) is 5.99. The lowest BCUT2D eigenvalue weighted by Crippen LogP contribution is -2.32. The molecule has 1 N–H and O–H groups in total. The summed E-state index contributed by atoms with van der Waals surface area (Å²) in [5.74, 6) is 0.976. The number of nitrogens with one attached hydrogen (secondary N) is 1. The standard InChI is InChI=1S/C14H22BrNO/c1-5-11-6-7-13(17-4)12(8-11)14(2,3)9-16-10-15/h6-8,16H,5,9-10H2,1-4H3. The molecule has 1 aromatic carbocycles. The van der Waals surface area contributed by atoms with E-state index in [-0.39, 0.29) is 5.41 Å². The van der Waals surface area contributed by atoms with Gasteiger partial charge in [0, 0.05) is 17.5 Å². The maximum atomic E-state index is 5.47. The van der Waals surface area contributed by atoms with Gasteiger partial charge in [0.25, 0.3) is 0 Å². The Hall–Kier alpha value is -0.540. The zero-order valence-electron chi connectivity index (χ0n) is 11.1. The van der Waals surface area contributed by atoms with E-state index >= 15 is 0 Å². The van der Waals surface area contributed by atoms with Crippen LogP contribution in [0.4, 0.5) is 0 Å². The molecule has 0 aliphatic rings. The molecule has 0 amide bonds. The Balaban J connectivity index is 3.07. The maximum Gasteiger partial charge on any atom is 0.122 e. The van der Waals surface area contributed by atoms with Crippen molar-refractivity contribution < 1.29 is 4.74 Å². The smallest absolute Gasteiger partial charge is 0.122 e. The predicted molar refractivity (Wildman–Crippen MR) is 77.2 cm³/mol. The van der Waals surface area contributed by atoms with Gasteiger partial charge in [-0.15, -0.1) is 0 Å². The number of hydrogen-bond donors (Lipinski definition) is 1. The van der Waals surface area contributed by atoms with Crippen LogP contribution in [0.1, 0.15) is 31.9 Å². The van der Waals surface area contributed by atoms with E-state index in [2.05, 4.69) is 60.2 Å². The third kappa shape index (κ3) is 3.71. The Morgan fingerprint density at radius 2 is 2.06 bits per heavy atom. The summed E-state index contributed by atoms with van der Waals surface area (Å²) in [4.78, 5) is 0. The van der Waals surface area contributed by atoms with Crippen molar-refractivity contribution in [3.63, 3.8) is 0 Å². The predicted octanol–water partition coefficient (Wildman–Crippen LogP) is 3.48. The van der Waals surface area contributed by atoms with E-state index < -0.39 is 0 Å². The Bertz CT molecular complexity index is 363. The lowest BCUT2D eigenvalue weighted by molar-refractivity contribution is 0.388. The van der Waals surface area contributed by atoms with Crippen molar-refractivity contribution in [1.82, 2.24) is 5.32 Å². The number of hydrogen-bond acceptors (Lipinski definition) is 2. The second-order valence-electron chi connectivity index (χ2n) is 4.83. The molecular formula is C14H22BrNO. The van der Waals surface area contributed by atoms with Crippen LogP contribution in [-0.2, 0) is 11.8 Å². The van der Waals surface area contributed by atoms with E-state index in [0.29, 0.717) is 0 Å². The number of rotatable bonds is 6. The molecule has 0 unspecified atom stereocenters. The van der Waals surface area contributed by atoms with Gasteiger partial charge in [0.15, 0.2) is 0 Å². The summed E-state index contributed by atoms with van der Waals surface area (Å²) >= 11 is 3.40. The molecule has 96 valence electrons. The first-order chi connectivity index (χ1) is 8.05. The minimum atomic E-state index is 0.0598. The Labute approximate surface area is 113 Å². The summed E-state index contributed by atoms with van der Waals surface area (Å²) in [5.41, 5.74) is 3.50. The molecule has 1 aromatic rings. The summed E-state index contributed by atoms with van der Waals surface area (Å²) in [6, 6.07) is 6.47. The van der Waals surface area contributed by atoms with Gasteiger partial charge in [-0.2, -0.15) is 0 Å². The highest BCUT2D eigenvalue weighted by Crippen LogP contribution is 2.32. The number of benzene rings is 1. The normalized spacial score (nSPS) is 11.6. The number of aryl methyl sites for hydroxylation is 1. The molecule has 3 heteroatoms. The largest absolute Gasteiger partial charge is 0.496 e. The second-order valence-corrected chi connectivity index (χ2v) is 5.39. The second kappa shape index (κ2) is 6.41. The van der Waals surface area contributed by atoms with Crippen LogP contribution in [0.3, 0.4) is 0 Å². The Kier molecular flexibility index (Phi) is 5.47. The molecule has 0 aromatic heterocycles. The quantitative estimate of drug-likeness (QED) is 0.641. The molecule has 0 saturated carbocycles. The molecule has 0 saturated heterocycles. The minimum absolute atomic E-state index is 0.0598. The van der Waals surface area contributed by atoms with Gasteiger partial charge in [-0.25, -0.2) is 0 Å². The number of methoxy groups -OCH3 is 1. The summed E-state index contributed by atoms with van der Waals surface area (Å²) < 4.78 is 5.47. The van der Waals surface area contributed by atoms with Crippen LogP contribution in [0, 0.1) is 0 Å². The van der Waals surface area contributed by atoms with Gasteiger partial charge in [0.05, 0.1) is 12.6 Å². The molecule has 0 aliphatic heterocycles. The highest BCUT2D eigenvalue weighted by molar-refractivity contribution is 9.09. The monoisotopic (exact) mass is 299 g/mol. The van der Waals surface area contributed by atoms with Crippen molar-refractivity contribution in [3.05, 3.63) is 29.3 Å². The van der Waals surface area contributed by atoms with Crippen LogP contribution in [0.25, 0.3) is 0 Å². The lowest BCUT2D eigenvalue weighted by atomic mass is 9.83. The Morgan fingerprint density at radius 3 is 2.59 bits per heavy atom. The van der Waals surface area contributed by atoms with Crippen LogP contribution in [0.15, 0.2) is 18.2 Å². The Morgan fingerprint density at radius 1 is 1.35 bits per heavy atom. The first kappa shape index (κ1) is 14.5. The van der Waals surface area contributed by atoms with Crippen molar-refractivity contribution in [3.8, 4) is 5.75 Å². The first-order valence-corrected chi connectivity index (χ1v) is 7.11. The van der Waals surface area contributed by atoms with Crippen LogP contribution in [0.2, 0.25) is 0 Å². The molecule has 2 nitrogen and oxygen atoms in total. The molecule has 0 aliphatic carbocycles. The van der Waals surface area contributed by atoms with Gasteiger partial charge in [-0.1, -0.05) is 48.8 Å². The fourth-order valence-corrected chi connectivity index (χ4v) is 2.16. The molecule has 1 rings (SSSR count). The summed E-state index contributed by atoms with van der Waals surface area (Å²) in [6.45, 7) is 7.57. The third-order valence-corrected chi connectivity index (χ3v) is 3.46. The molecule has 17 heavy (non-hydrogen) atoms. The van der Waals surface area contributed by atoms with Crippen molar-refractivity contribution in [2.45, 2.75) is 32.6 Å². The highest BCUT2D eigenvalue weighted by atomic mass is 79.9. The van der Waals surface area contributed by atoms with Crippen LogP contribution < -0.4 is 10.1 Å². The highest BCUT2D eigenvalue weighted by Gasteiger charge is 2.24. The van der Waals surface area contributed by atoms with E-state index in [1.54, 1.807) is 7.11 Å². The summed E-state index contributed by atoms with van der Waals surface area (Å²) in [5, 5.41) is 3.34. The number of halogens is 1. The van der Waals surface area contributed by atoms with Crippen LogP contribution >= 0.6 is 15.9 Å². The van der Waals surface area contributed by atoms with Crippen molar-refractivity contribution in [1.29, 1.82) is 0 Å². The van der Waals surface area contributed by atoms with E-state index in [9.17, 15) is 0 Å². The van der Waals surface area contributed by atoms with E-state index in [4.69, 9.17) is 4.74 Å². The minimum Gasteiger partial charge on any atom is -0.496 e. The van der Waals surface area contributed by atoms with Crippen molar-refractivity contribution in [2.75, 3.05) is 19.1 Å². The van der Waals surface area contributed by atoms with Gasteiger partial charge in [-0.05, 0) is 18.1 Å². The topological polar surface area (TPSA) is 21.3 Å². The zero-order chi connectivity index (χ0) is 12.9. The number of ether oxygens (including phenoxy) is 1. The van der Waals surface area contributed by atoms with Gasteiger partial charge in [0.2, 0.25) is 0 Å². The van der Waals surface area contributed by atoms with E-state index in [1.165, 1.54) is 11.1 Å². The van der Waals surface area contributed by atoms with Crippen molar-refractivity contribution in [2.24, 2.45) is 0 Å². The molecule has 0 fully saturated rings. The third-order valence-electron chi connectivity index (χ3n) is 3.06. The average molecular weight is 300 g/mol. The van der Waals surface area contributed by atoms with Crippen LogP contribution in [-0.4, -0.2) is 19.1 Å². The fraction of sp³-hybridized carbons (Fsp3) is 0.571. The van der Waals surface area contributed by atoms with E-state index in [0.717, 1.165) is 24.2 Å². The lowest BCUT2D eigenvalue weighted by Gasteiger charge is -2.27. The zero-order valence-corrected chi connectivity index (χ0v) is 12.7. The molecular weight excluding hydrogens is 278 g/mol. The van der Waals surface area contributed by atoms with Crippen molar-refractivity contribution >= 4 is 15.9 Å². The summed E-state index contributed by atoms with van der Waals surface area (Å²) in [6.07, 6.45) is 1.05. The summed E-state index contributed by atoms with van der Waals surface area (Å²) in [7, 11) is 1.73. The fourth-order valence-electron chi connectivity index (χ4n) is 1.96. The molecule has 0 heterocycles. The van der Waals surface area contributed by atoms with Gasteiger partial charge in [0.1, 0.15) is 5.75 Å². The molecule has 0 bridgehead atoms. The van der Waals surface area contributed by atoms with Gasteiger partial charge >= 0.3 is 0 Å². The number of alkyl halides is 1. The van der Waals surface area contributed by atoms with Gasteiger partial charge in [-0.3, -0.25) is 0 Å². The maximum absolute atomic E-state index is 5.47. The van der Waals surface area contributed by atoms with E-state index in [1.807, 2.05) is 0 Å². The SMILES string of the molecule is CCc1ccc(OC)c(C(C)(C)CNCBr)c1. The van der Waals surface area contributed by atoms with Gasteiger partial charge < -0.3 is 10.1 Å². The molecule has 0 radical (unpaired) electrons.